The summed E-state index contributed by atoms with van der Waals surface area (Å²) in [5.41, 5.74) is 0. The molecule has 0 aromatic rings. The van der Waals surface area contributed by atoms with Crippen molar-refractivity contribution in [3.8, 4) is 0 Å². The number of aliphatic hydroxyl groups is 1. The van der Waals surface area contributed by atoms with E-state index >= 15 is 0 Å². The molecule has 0 fully saturated rings. The van der Waals surface area contributed by atoms with Crippen LogP contribution in [0.4, 0.5) is 13.2 Å². The van der Waals surface area contributed by atoms with E-state index in [1.54, 1.807) is 0 Å². The molecule has 2 atom stereocenters. The van der Waals surface area contributed by atoms with Crippen LogP contribution < -0.4 is 5.32 Å². The first-order valence-corrected chi connectivity index (χ1v) is 4.83. The first-order valence-electron chi connectivity index (χ1n) is 4.83. The lowest BCUT2D eigenvalue weighted by molar-refractivity contribution is -0.219. The van der Waals surface area contributed by atoms with Crippen LogP contribution in [0.15, 0.2) is 0 Å². The molecule has 0 aromatic carbocycles. The summed E-state index contributed by atoms with van der Waals surface area (Å²) < 4.78 is 40.5. The van der Waals surface area contributed by atoms with Crippen molar-refractivity contribution in [3.63, 3.8) is 0 Å². The van der Waals surface area contributed by atoms with Crippen LogP contribution in [-0.4, -0.2) is 42.7 Å². The standard InChI is InChI=1S/C9H18F3NO2/c1-6(2)13-4-8(14)5-15-7(3)9(10,11)12/h6-8,13-14H,4-5H2,1-3H3. The molecule has 92 valence electrons. The zero-order valence-electron chi connectivity index (χ0n) is 9.14. The highest BCUT2D eigenvalue weighted by molar-refractivity contribution is 4.65. The smallest absolute Gasteiger partial charge is 0.389 e. The van der Waals surface area contributed by atoms with Crippen molar-refractivity contribution >= 4 is 0 Å². The molecule has 15 heavy (non-hydrogen) atoms. The van der Waals surface area contributed by atoms with Crippen LogP contribution in [-0.2, 0) is 4.74 Å². The lowest BCUT2D eigenvalue weighted by Crippen LogP contribution is -2.37. The highest BCUT2D eigenvalue weighted by Crippen LogP contribution is 2.22. The monoisotopic (exact) mass is 229 g/mol. The van der Waals surface area contributed by atoms with E-state index in [0.29, 0.717) is 0 Å². The van der Waals surface area contributed by atoms with Crippen molar-refractivity contribution < 1.29 is 23.0 Å². The van der Waals surface area contributed by atoms with Crippen molar-refractivity contribution in [3.05, 3.63) is 0 Å². The first-order chi connectivity index (χ1) is 6.73. The Hall–Kier alpha value is -0.330. The molecule has 6 heteroatoms. The zero-order valence-corrected chi connectivity index (χ0v) is 9.14. The Morgan fingerprint density at radius 2 is 1.80 bits per heavy atom. The van der Waals surface area contributed by atoms with Gasteiger partial charge in [-0.25, -0.2) is 0 Å². The van der Waals surface area contributed by atoms with Crippen LogP contribution in [0.25, 0.3) is 0 Å². The van der Waals surface area contributed by atoms with Gasteiger partial charge in [0, 0.05) is 12.6 Å². The summed E-state index contributed by atoms with van der Waals surface area (Å²) in [5, 5.41) is 12.2. The fourth-order valence-electron chi connectivity index (χ4n) is 0.781. The molecule has 0 heterocycles. The second kappa shape index (κ2) is 6.30. The summed E-state index contributed by atoms with van der Waals surface area (Å²) in [5.74, 6) is 0. The Morgan fingerprint density at radius 3 is 2.20 bits per heavy atom. The van der Waals surface area contributed by atoms with Gasteiger partial charge in [-0.2, -0.15) is 13.2 Å². The lowest BCUT2D eigenvalue weighted by atomic mass is 10.3. The van der Waals surface area contributed by atoms with Gasteiger partial charge in [0.2, 0.25) is 0 Å². The third-order valence-electron chi connectivity index (χ3n) is 1.76. The van der Waals surface area contributed by atoms with E-state index in [2.05, 4.69) is 10.1 Å². The van der Waals surface area contributed by atoms with Crippen LogP contribution in [0.1, 0.15) is 20.8 Å². The number of hydrogen-bond donors (Lipinski definition) is 2. The van der Waals surface area contributed by atoms with Crippen molar-refractivity contribution in [2.75, 3.05) is 13.2 Å². The normalized spacial score (nSPS) is 16.8. The molecule has 0 rings (SSSR count). The van der Waals surface area contributed by atoms with Crippen molar-refractivity contribution in [1.82, 2.24) is 5.32 Å². The molecule has 0 aliphatic heterocycles. The van der Waals surface area contributed by atoms with Gasteiger partial charge in [0.15, 0.2) is 6.10 Å². The quantitative estimate of drug-likeness (QED) is 0.721. The second-order valence-electron chi connectivity index (χ2n) is 3.73. The molecular formula is C9H18F3NO2. The number of ether oxygens (including phenoxy) is 1. The molecule has 0 aromatic heterocycles. The molecule has 3 nitrogen and oxygen atoms in total. The Labute approximate surface area is 87.6 Å². The van der Waals surface area contributed by atoms with Crippen molar-refractivity contribution in [2.24, 2.45) is 0 Å². The minimum absolute atomic E-state index is 0.180. The predicted octanol–water partition coefficient (Wildman–Crippen LogP) is 1.31. The summed E-state index contributed by atoms with van der Waals surface area (Å²) in [6, 6.07) is 0.180. The average molecular weight is 229 g/mol. The number of halogens is 3. The maximum Gasteiger partial charge on any atom is 0.414 e. The van der Waals surface area contributed by atoms with Gasteiger partial charge in [-0.3, -0.25) is 0 Å². The highest BCUT2D eigenvalue weighted by atomic mass is 19.4. The molecule has 0 amide bonds. The fraction of sp³-hybridized carbons (Fsp3) is 1.00. The minimum atomic E-state index is -4.37. The highest BCUT2D eigenvalue weighted by Gasteiger charge is 2.37. The summed E-state index contributed by atoms with van der Waals surface area (Å²) in [6.07, 6.45) is -7.13. The van der Waals surface area contributed by atoms with Gasteiger partial charge in [0.1, 0.15) is 0 Å². The van der Waals surface area contributed by atoms with Gasteiger partial charge in [-0.05, 0) is 6.92 Å². The summed E-state index contributed by atoms with van der Waals surface area (Å²) in [7, 11) is 0. The van der Waals surface area contributed by atoms with E-state index in [4.69, 9.17) is 0 Å². The molecule has 0 saturated heterocycles. The van der Waals surface area contributed by atoms with Crippen LogP contribution in [0.3, 0.4) is 0 Å². The maximum atomic E-state index is 12.0. The topological polar surface area (TPSA) is 41.5 Å². The van der Waals surface area contributed by atoms with Crippen molar-refractivity contribution in [2.45, 2.75) is 45.2 Å². The summed E-state index contributed by atoms with van der Waals surface area (Å²) in [4.78, 5) is 0. The number of hydrogen-bond acceptors (Lipinski definition) is 3. The summed E-state index contributed by atoms with van der Waals surface area (Å²) in [6.45, 7) is 4.59. The van der Waals surface area contributed by atoms with Crippen LogP contribution in [0.2, 0.25) is 0 Å². The largest absolute Gasteiger partial charge is 0.414 e. The van der Waals surface area contributed by atoms with Gasteiger partial charge in [-0.1, -0.05) is 13.8 Å². The second-order valence-corrected chi connectivity index (χ2v) is 3.73. The van der Waals surface area contributed by atoms with Crippen LogP contribution in [0.5, 0.6) is 0 Å². The number of alkyl halides is 3. The van der Waals surface area contributed by atoms with E-state index in [-0.39, 0.29) is 19.2 Å². The van der Waals surface area contributed by atoms with Gasteiger partial charge in [-0.15, -0.1) is 0 Å². The van der Waals surface area contributed by atoms with Gasteiger partial charge >= 0.3 is 6.18 Å². The Balaban J connectivity index is 3.66. The Morgan fingerprint density at radius 1 is 1.27 bits per heavy atom. The molecule has 0 spiro atoms. The van der Waals surface area contributed by atoms with E-state index in [1.807, 2.05) is 13.8 Å². The zero-order chi connectivity index (χ0) is 12.1. The van der Waals surface area contributed by atoms with Gasteiger partial charge in [0.05, 0.1) is 12.7 Å². The van der Waals surface area contributed by atoms with Crippen molar-refractivity contribution in [1.29, 1.82) is 0 Å². The minimum Gasteiger partial charge on any atom is -0.389 e. The lowest BCUT2D eigenvalue weighted by Gasteiger charge is -2.19. The SMILES string of the molecule is CC(C)NCC(O)COC(C)C(F)(F)F. The molecule has 0 saturated carbocycles. The average Bonchev–Trinajstić information content (AvgIpc) is 2.09. The van der Waals surface area contributed by atoms with Gasteiger partial charge in [0.25, 0.3) is 0 Å². The summed E-state index contributed by atoms with van der Waals surface area (Å²) >= 11 is 0. The fourth-order valence-corrected chi connectivity index (χ4v) is 0.781. The van der Waals surface area contributed by atoms with E-state index in [1.165, 1.54) is 0 Å². The molecule has 0 aliphatic carbocycles. The molecule has 0 bridgehead atoms. The van der Waals surface area contributed by atoms with E-state index in [0.717, 1.165) is 6.92 Å². The maximum absolute atomic E-state index is 12.0. The Bertz CT molecular complexity index is 173. The molecular weight excluding hydrogens is 211 g/mol. The van der Waals surface area contributed by atoms with E-state index < -0.39 is 18.4 Å². The molecule has 0 aliphatic rings. The van der Waals surface area contributed by atoms with Gasteiger partial charge < -0.3 is 15.2 Å². The predicted molar refractivity (Wildman–Crippen MR) is 50.6 cm³/mol. The third kappa shape index (κ3) is 7.58. The number of aliphatic hydroxyl groups excluding tert-OH is 1. The van der Waals surface area contributed by atoms with Crippen LogP contribution in [0, 0.1) is 0 Å². The molecule has 0 radical (unpaired) electrons. The third-order valence-corrected chi connectivity index (χ3v) is 1.76. The Kier molecular flexibility index (Phi) is 6.16. The number of rotatable bonds is 6. The molecule has 2 unspecified atom stereocenters. The first kappa shape index (κ1) is 14.7. The van der Waals surface area contributed by atoms with Crippen LogP contribution >= 0.6 is 0 Å². The number of nitrogens with one attached hydrogen (secondary N) is 1. The van der Waals surface area contributed by atoms with E-state index in [9.17, 15) is 18.3 Å². The molecule has 2 N–H and O–H groups in total.